The van der Waals surface area contributed by atoms with Gasteiger partial charge in [-0.25, -0.2) is 0 Å². The summed E-state index contributed by atoms with van der Waals surface area (Å²) in [5.74, 6) is 1.20. The van der Waals surface area contributed by atoms with Crippen LogP contribution in [0.3, 0.4) is 0 Å². The first-order valence-electron chi connectivity index (χ1n) is 6.97. The molecule has 1 fully saturated rings. The van der Waals surface area contributed by atoms with Crippen molar-refractivity contribution in [3.05, 3.63) is 29.3 Å². The zero-order valence-corrected chi connectivity index (χ0v) is 12.3. The molecule has 3 heteroatoms. The number of nitrogens with two attached hydrogens (primary N) is 1. The molecular weight excluding hydrogens is 240 g/mol. The molecule has 0 spiro atoms. The third-order valence-corrected chi connectivity index (χ3v) is 4.91. The molecule has 2 nitrogen and oxygen atoms in total. The standard InChI is InChI=1S/C15H24N2S/c1-3-12-6-5-7-13(4-2)15(12)17-8-9-18-14(10-16)11-17/h5-7,14H,3-4,8-11,16H2,1-2H3. The Labute approximate surface area is 115 Å². The van der Waals surface area contributed by atoms with E-state index in [9.17, 15) is 0 Å². The van der Waals surface area contributed by atoms with Gasteiger partial charge in [0, 0.05) is 36.3 Å². The number of aryl methyl sites for hydroxylation is 2. The molecule has 0 amide bonds. The van der Waals surface area contributed by atoms with Gasteiger partial charge in [0.2, 0.25) is 0 Å². The van der Waals surface area contributed by atoms with Crippen molar-refractivity contribution >= 4 is 17.4 Å². The van der Waals surface area contributed by atoms with E-state index in [2.05, 4.69) is 36.9 Å². The molecule has 18 heavy (non-hydrogen) atoms. The second-order valence-corrected chi connectivity index (χ2v) is 6.21. The number of anilines is 1. The van der Waals surface area contributed by atoms with Crippen molar-refractivity contribution in [1.29, 1.82) is 0 Å². The number of thioether (sulfide) groups is 1. The highest BCUT2D eigenvalue weighted by Crippen LogP contribution is 2.30. The smallest absolute Gasteiger partial charge is 0.0431 e. The molecule has 1 aliphatic rings. The first-order chi connectivity index (χ1) is 8.80. The lowest BCUT2D eigenvalue weighted by atomic mass is 10.0. The molecule has 0 radical (unpaired) electrons. The zero-order chi connectivity index (χ0) is 13.0. The van der Waals surface area contributed by atoms with E-state index >= 15 is 0 Å². The highest BCUT2D eigenvalue weighted by atomic mass is 32.2. The van der Waals surface area contributed by atoms with Crippen LogP contribution in [-0.2, 0) is 12.8 Å². The number of benzene rings is 1. The Morgan fingerprint density at radius 1 is 1.28 bits per heavy atom. The molecule has 0 aromatic heterocycles. The van der Waals surface area contributed by atoms with Gasteiger partial charge in [0.05, 0.1) is 0 Å². The summed E-state index contributed by atoms with van der Waals surface area (Å²) in [6.45, 7) is 7.54. The van der Waals surface area contributed by atoms with Gasteiger partial charge in [-0.2, -0.15) is 11.8 Å². The van der Waals surface area contributed by atoms with E-state index in [0.717, 1.165) is 32.5 Å². The summed E-state index contributed by atoms with van der Waals surface area (Å²) in [5.41, 5.74) is 10.3. The zero-order valence-electron chi connectivity index (χ0n) is 11.5. The van der Waals surface area contributed by atoms with Crippen LogP contribution in [0.15, 0.2) is 18.2 Å². The molecule has 1 aliphatic heterocycles. The molecule has 0 bridgehead atoms. The number of nitrogens with zero attached hydrogens (tertiary/aromatic N) is 1. The van der Waals surface area contributed by atoms with Gasteiger partial charge < -0.3 is 10.6 Å². The SMILES string of the molecule is CCc1cccc(CC)c1N1CCSC(CN)C1. The molecule has 1 saturated heterocycles. The van der Waals surface area contributed by atoms with E-state index < -0.39 is 0 Å². The molecule has 1 unspecified atom stereocenters. The fraction of sp³-hybridized carbons (Fsp3) is 0.600. The molecule has 1 aromatic carbocycles. The maximum atomic E-state index is 5.84. The third-order valence-electron chi connectivity index (χ3n) is 3.68. The Morgan fingerprint density at radius 3 is 2.50 bits per heavy atom. The van der Waals surface area contributed by atoms with Crippen LogP contribution in [0.1, 0.15) is 25.0 Å². The van der Waals surface area contributed by atoms with Crippen molar-refractivity contribution in [2.75, 3.05) is 30.3 Å². The van der Waals surface area contributed by atoms with Gasteiger partial charge in [-0.15, -0.1) is 0 Å². The number of para-hydroxylation sites is 1. The maximum Gasteiger partial charge on any atom is 0.0431 e. The van der Waals surface area contributed by atoms with Crippen LogP contribution in [0.5, 0.6) is 0 Å². The molecule has 0 saturated carbocycles. The number of hydrogen-bond donors (Lipinski definition) is 1. The van der Waals surface area contributed by atoms with E-state index in [1.807, 2.05) is 11.8 Å². The van der Waals surface area contributed by atoms with E-state index in [1.165, 1.54) is 22.6 Å². The van der Waals surface area contributed by atoms with Crippen LogP contribution >= 0.6 is 11.8 Å². The summed E-state index contributed by atoms with van der Waals surface area (Å²) in [5, 5.41) is 0.591. The summed E-state index contributed by atoms with van der Waals surface area (Å²) < 4.78 is 0. The van der Waals surface area contributed by atoms with Gasteiger partial charge in [-0.3, -0.25) is 0 Å². The maximum absolute atomic E-state index is 5.84. The minimum absolute atomic E-state index is 0.591. The minimum atomic E-state index is 0.591. The minimum Gasteiger partial charge on any atom is -0.369 e. The van der Waals surface area contributed by atoms with Crippen LogP contribution in [0, 0.1) is 0 Å². The van der Waals surface area contributed by atoms with Gasteiger partial charge in [0.1, 0.15) is 0 Å². The van der Waals surface area contributed by atoms with E-state index in [-0.39, 0.29) is 0 Å². The largest absolute Gasteiger partial charge is 0.369 e. The Bertz CT molecular complexity index is 370. The van der Waals surface area contributed by atoms with Crippen molar-refractivity contribution in [1.82, 2.24) is 0 Å². The number of rotatable bonds is 4. The van der Waals surface area contributed by atoms with Crippen molar-refractivity contribution < 1.29 is 0 Å². The van der Waals surface area contributed by atoms with E-state index in [1.54, 1.807) is 0 Å². The quantitative estimate of drug-likeness (QED) is 0.906. The van der Waals surface area contributed by atoms with Gasteiger partial charge in [-0.05, 0) is 24.0 Å². The summed E-state index contributed by atoms with van der Waals surface area (Å²) in [6.07, 6.45) is 2.22. The van der Waals surface area contributed by atoms with Crippen LogP contribution in [0.4, 0.5) is 5.69 Å². The number of hydrogen-bond acceptors (Lipinski definition) is 3. The first-order valence-corrected chi connectivity index (χ1v) is 8.02. The van der Waals surface area contributed by atoms with Crippen molar-refractivity contribution in [2.45, 2.75) is 31.9 Å². The average Bonchev–Trinajstić information content (AvgIpc) is 2.46. The molecule has 100 valence electrons. The topological polar surface area (TPSA) is 29.3 Å². The summed E-state index contributed by atoms with van der Waals surface area (Å²) in [4.78, 5) is 2.56. The molecular formula is C15H24N2S. The van der Waals surface area contributed by atoms with Crippen LogP contribution < -0.4 is 10.6 Å². The highest BCUT2D eigenvalue weighted by Gasteiger charge is 2.22. The molecule has 1 atom stereocenters. The monoisotopic (exact) mass is 264 g/mol. The Hall–Kier alpha value is -0.670. The lowest BCUT2D eigenvalue weighted by Gasteiger charge is -2.36. The Balaban J connectivity index is 2.30. The van der Waals surface area contributed by atoms with E-state index in [4.69, 9.17) is 5.73 Å². The van der Waals surface area contributed by atoms with Crippen molar-refractivity contribution in [2.24, 2.45) is 5.73 Å². The van der Waals surface area contributed by atoms with Crippen molar-refractivity contribution in [3.8, 4) is 0 Å². The van der Waals surface area contributed by atoms with Gasteiger partial charge in [-0.1, -0.05) is 32.0 Å². The Morgan fingerprint density at radius 2 is 1.94 bits per heavy atom. The van der Waals surface area contributed by atoms with Crippen molar-refractivity contribution in [3.63, 3.8) is 0 Å². The third kappa shape index (κ3) is 2.83. The average molecular weight is 264 g/mol. The lowest BCUT2D eigenvalue weighted by molar-refractivity contribution is 0.740. The summed E-state index contributed by atoms with van der Waals surface area (Å²) >= 11 is 2.02. The normalized spacial score (nSPS) is 20.2. The van der Waals surface area contributed by atoms with Gasteiger partial charge in [0.15, 0.2) is 0 Å². The second-order valence-electron chi connectivity index (χ2n) is 4.81. The predicted octanol–water partition coefficient (Wildman–Crippen LogP) is 2.69. The molecule has 2 N–H and O–H groups in total. The molecule has 1 heterocycles. The predicted molar refractivity (Wildman–Crippen MR) is 82.7 cm³/mol. The fourth-order valence-corrected chi connectivity index (χ4v) is 3.77. The fourth-order valence-electron chi connectivity index (χ4n) is 2.69. The Kier molecular flexibility index (Phi) is 4.95. The van der Waals surface area contributed by atoms with E-state index in [0.29, 0.717) is 5.25 Å². The van der Waals surface area contributed by atoms with Gasteiger partial charge in [0.25, 0.3) is 0 Å². The highest BCUT2D eigenvalue weighted by molar-refractivity contribution is 8.00. The molecule has 1 aromatic rings. The van der Waals surface area contributed by atoms with Crippen LogP contribution in [0.2, 0.25) is 0 Å². The van der Waals surface area contributed by atoms with Crippen LogP contribution in [-0.4, -0.2) is 30.6 Å². The lowest BCUT2D eigenvalue weighted by Crippen LogP contribution is -2.41. The molecule has 2 rings (SSSR count). The summed E-state index contributed by atoms with van der Waals surface area (Å²) in [7, 11) is 0. The first kappa shape index (κ1) is 13.8. The second kappa shape index (κ2) is 6.48. The van der Waals surface area contributed by atoms with Gasteiger partial charge >= 0.3 is 0 Å². The summed E-state index contributed by atoms with van der Waals surface area (Å²) in [6, 6.07) is 6.74. The molecule has 0 aliphatic carbocycles. The van der Waals surface area contributed by atoms with Crippen LogP contribution in [0.25, 0.3) is 0 Å².